The van der Waals surface area contributed by atoms with Gasteiger partial charge in [0.15, 0.2) is 0 Å². The first-order valence-corrected chi connectivity index (χ1v) is 8.62. The molecule has 3 rings (SSSR count). The normalized spacial score (nSPS) is 10.7. The summed E-state index contributed by atoms with van der Waals surface area (Å²) in [4.78, 5) is 14.3. The van der Waals surface area contributed by atoms with Crippen molar-refractivity contribution >= 4 is 11.3 Å². The van der Waals surface area contributed by atoms with Crippen molar-refractivity contribution in [3.63, 3.8) is 0 Å². The van der Waals surface area contributed by atoms with Gasteiger partial charge in [0.05, 0.1) is 6.61 Å². The van der Waals surface area contributed by atoms with Crippen molar-refractivity contribution in [2.75, 3.05) is 0 Å². The molecule has 0 bridgehead atoms. The zero-order valence-electron chi connectivity index (χ0n) is 13.2. The molecule has 0 fully saturated rings. The third-order valence-electron chi connectivity index (χ3n) is 3.69. The number of aromatic nitrogens is 1. The quantitative estimate of drug-likeness (QED) is 0.718. The molecular weight excluding hydrogens is 322 g/mol. The minimum absolute atomic E-state index is 0.0675. The van der Waals surface area contributed by atoms with Crippen LogP contribution in [0.4, 0.5) is 0 Å². The van der Waals surface area contributed by atoms with E-state index in [4.69, 9.17) is 9.84 Å². The molecule has 3 aromatic rings. The molecule has 4 nitrogen and oxygen atoms in total. The van der Waals surface area contributed by atoms with Gasteiger partial charge in [0.2, 0.25) is 0 Å². The van der Waals surface area contributed by atoms with Gasteiger partial charge in [-0.1, -0.05) is 30.3 Å². The number of hydrogen-bond acceptors (Lipinski definition) is 4. The zero-order chi connectivity index (χ0) is 16.8. The van der Waals surface area contributed by atoms with Gasteiger partial charge in [-0.05, 0) is 30.2 Å². The number of nitrogens with zero attached hydrogens (tertiary/aromatic N) is 1. The Hall–Kier alpha value is -2.37. The molecule has 5 heteroatoms. The Morgan fingerprint density at radius 2 is 1.83 bits per heavy atom. The average Bonchev–Trinajstić information content (AvgIpc) is 3.08. The van der Waals surface area contributed by atoms with Gasteiger partial charge in [0.1, 0.15) is 12.4 Å². The zero-order valence-corrected chi connectivity index (χ0v) is 14.0. The van der Waals surface area contributed by atoms with E-state index < -0.39 is 0 Å². The number of benzene rings is 1. The summed E-state index contributed by atoms with van der Waals surface area (Å²) in [5, 5.41) is 9.09. The second kappa shape index (κ2) is 7.95. The van der Waals surface area contributed by atoms with E-state index in [-0.39, 0.29) is 12.2 Å². The molecule has 2 aromatic heterocycles. The molecule has 2 heterocycles. The van der Waals surface area contributed by atoms with Crippen LogP contribution in [-0.4, -0.2) is 9.67 Å². The molecule has 0 saturated heterocycles. The molecule has 0 radical (unpaired) electrons. The molecule has 0 unspecified atom stereocenters. The number of aryl methyl sites for hydroxylation is 2. The average molecular weight is 341 g/mol. The maximum Gasteiger partial charge on any atom is 0.254 e. The topological polar surface area (TPSA) is 51.5 Å². The largest absolute Gasteiger partial charge is 0.489 e. The van der Waals surface area contributed by atoms with Crippen LogP contribution in [0.3, 0.4) is 0 Å². The summed E-state index contributed by atoms with van der Waals surface area (Å²) in [7, 11) is 0. The SMILES string of the molecule is O=c1cc(OCc2ccccc2)ccn1CCc1ccc(CO)s1. The highest BCUT2D eigenvalue weighted by Crippen LogP contribution is 2.17. The van der Waals surface area contributed by atoms with Crippen molar-refractivity contribution in [1.82, 2.24) is 4.57 Å². The number of aliphatic hydroxyl groups is 1. The summed E-state index contributed by atoms with van der Waals surface area (Å²) in [6.45, 7) is 1.13. The second-order valence-electron chi connectivity index (χ2n) is 5.44. The molecule has 0 spiro atoms. The van der Waals surface area contributed by atoms with Gasteiger partial charge < -0.3 is 14.4 Å². The second-order valence-corrected chi connectivity index (χ2v) is 6.70. The molecule has 0 aliphatic carbocycles. The fourth-order valence-corrected chi connectivity index (χ4v) is 3.24. The highest BCUT2D eigenvalue weighted by atomic mass is 32.1. The highest BCUT2D eigenvalue weighted by molar-refractivity contribution is 7.11. The standard InChI is InChI=1S/C19H19NO3S/c21-13-18-7-6-17(24-18)9-11-20-10-8-16(12-19(20)22)23-14-15-4-2-1-3-5-15/h1-8,10,12,21H,9,11,13-14H2. The maximum atomic E-state index is 12.2. The van der Waals surface area contributed by atoms with Crippen LogP contribution >= 0.6 is 11.3 Å². The fraction of sp³-hybridized carbons (Fsp3) is 0.211. The van der Waals surface area contributed by atoms with E-state index in [9.17, 15) is 4.79 Å². The summed E-state index contributed by atoms with van der Waals surface area (Å²) in [6.07, 6.45) is 2.54. The number of ether oxygens (including phenoxy) is 1. The molecule has 124 valence electrons. The Kier molecular flexibility index (Phi) is 5.46. The van der Waals surface area contributed by atoms with Crippen molar-refractivity contribution in [3.8, 4) is 5.75 Å². The lowest BCUT2D eigenvalue weighted by molar-refractivity contribution is 0.285. The van der Waals surface area contributed by atoms with Gasteiger partial charge in [0.25, 0.3) is 5.56 Å². The Labute approximate surface area is 144 Å². The van der Waals surface area contributed by atoms with Crippen LogP contribution in [0.5, 0.6) is 5.75 Å². The third kappa shape index (κ3) is 4.34. The molecule has 0 amide bonds. The van der Waals surface area contributed by atoms with E-state index in [1.165, 1.54) is 6.07 Å². The fourth-order valence-electron chi connectivity index (χ4n) is 2.38. The molecular formula is C19H19NO3S. The minimum atomic E-state index is -0.0699. The molecule has 0 aliphatic rings. The maximum absolute atomic E-state index is 12.2. The summed E-state index contributed by atoms with van der Waals surface area (Å²) in [6, 6.07) is 17.1. The van der Waals surface area contributed by atoms with Crippen molar-refractivity contribution < 1.29 is 9.84 Å². The van der Waals surface area contributed by atoms with Gasteiger partial charge in [-0.2, -0.15) is 0 Å². The molecule has 0 saturated carbocycles. The summed E-state index contributed by atoms with van der Waals surface area (Å²) in [5.74, 6) is 0.582. The van der Waals surface area contributed by atoms with Gasteiger partial charge >= 0.3 is 0 Å². The lowest BCUT2D eigenvalue weighted by Crippen LogP contribution is -2.19. The first-order valence-electron chi connectivity index (χ1n) is 7.80. The van der Waals surface area contributed by atoms with Crippen LogP contribution in [0, 0.1) is 0 Å². The van der Waals surface area contributed by atoms with Crippen molar-refractivity contribution in [3.05, 3.63) is 86.5 Å². The minimum Gasteiger partial charge on any atom is -0.489 e. The summed E-state index contributed by atoms with van der Waals surface area (Å²) in [5.41, 5.74) is 0.999. The van der Waals surface area contributed by atoms with Crippen LogP contribution < -0.4 is 10.3 Å². The van der Waals surface area contributed by atoms with Gasteiger partial charge in [-0.15, -0.1) is 11.3 Å². The number of thiophene rings is 1. The smallest absolute Gasteiger partial charge is 0.254 e. The number of aliphatic hydroxyl groups excluding tert-OH is 1. The van der Waals surface area contributed by atoms with Crippen LogP contribution in [0.15, 0.2) is 65.6 Å². The van der Waals surface area contributed by atoms with E-state index in [0.717, 1.165) is 21.7 Å². The Bertz CT molecular complexity index is 839. The van der Waals surface area contributed by atoms with E-state index in [2.05, 4.69) is 0 Å². The van der Waals surface area contributed by atoms with Crippen LogP contribution in [0.2, 0.25) is 0 Å². The number of hydrogen-bond donors (Lipinski definition) is 1. The molecule has 0 aliphatic heterocycles. The monoisotopic (exact) mass is 341 g/mol. The molecule has 0 atom stereocenters. The van der Waals surface area contributed by atoms with E-state index in [0.29, 0.717) is 18.9 Å². The van der Waals surface area contributed by atoms with Gasteiger partial charge in [-0.25, -0.2) is 0 Å². The first-order chi connectivity index (χ1) is 11.7. The summed E-state index contributed by atoms with van der Waals surface area (Å²) >= 11 is 1.58. The van der Waals surface area contributed by atoms with Gasteiger partial charge in [0, 0.05) is 28.6 Å². The number of pyridine rings is 1. The predicted molar refractivity (Wildman–Crippen MR) is 95.4 cm³/mol. The number of rotatable bonds is 7. The third-order valence-corrected chi connectivity index (χ3v) is 4.82. The molecule has 24 heavy (non-hydrogen) atoms. The predicted octanol–water partition coefficient (Wildman–Crippen LogP) is 3.22. The van der Waals surface area contributed by atoms with Crippen LogP contribution in [0.25, 0.3) is 0 Å². The molecule has 1 N–H and O–H groups in total. The highest BCUT2D eigenvalue weighted by Gasteiger charge is 2.03. The van der Waals surface area contributed by atoms with E-state index in [1.54, 1.807) is 22.1 Å². The Morgan fingerprint density at radius 1 is 1.04 bits per heavy atom. The Balaban J connectivity index is 1.59. The Morgan fingerprint density at radius 3 is 2.54 bits per heavy atom. The van der Waals surface area contributed by atoms with Crippen LogP contribution in [0.1, 0.15) is 15.3 Å². The van der Waals surface area contributed by atoms with Crippen molar-refractivity contribution in [2.24, 2.45) is 0 Å². The van der Waals surface area contributed by atoms with E-state index >= 15 is 0 Å². The lowest BCUT2D eigenvalue weighted by atomic mass is 10.2. The van der Waals surface area contributed by atoms with Crippen molar-refractivity contribution in [1.29, 1.82) is 0 Å². The van der Waals surface area contributed by atoms with Crippen LogP contribution in [-0.2, 0) is 26.2 Å². The molecule has 1 aromatic carbocycles. The first kappa shape index (κ1) is 16.5. The lowest BCUT2D eigenvalue weighted by Gasteiger charge is -2.08. The van der Waals surface area contributed by atoms with Gasteiger partial charge in [-0.3, -0.25) is 4.79 Å². The van der Waals surface area contributed by atoms with E-state index in [1.807, 2.05) is 48.5 Å². The summed E-state index contributed by atoms with van der Waals surface area (Å²) < 4.78 is 7.34. The van der Waals surface area contributed by atoms with Crippen molar-refractivity contribution in [2.45, 2.75) is 26.2 Å².